The van der Waals surface area contributed by atoms with Crippen LogP contribution in [0.5, 0.6) is 0 Å². The third kappa shape index (κ3) is 7.48. The summed E-state index contributed by atoms with van der Waals surface area (Å²) in [6.45, 7) is 4.85. The van der Waals surface area contributed by atoms with E-state index in [0.29, 0.717) is 18.4 Å². The summed E-state index contributed by atoms with van der Waals surface area (Å²) in [4.78, 5) is 28.5. The molecule has 252 valence electrons. The van der Waals surface area contributed by atoms with Crippen LogP contribution in [0.1, 0.15) is 69.6 Å². The lowest BCUT2D eigenvalue weighted by Gasteiger charge is -2.42. The van der Waals surface area contributed by atoms with Gasteiger partial charge in [-0.1, -0.05) is 61.7 Å². The van der Waals surface area contributed by atoms with Gasteiger partial charge in [0, 0.05) is 20.1 Å². The van der Waals surface area contributed by atoms with E-state index >= 15 is 0 Å². The van der Waals surface area contributed by atoms with Crippen LogP contribution >= 0.6 is 0 Å². The first-order valence-corrected chi connectivity index (χ1v) is 16.9. The Balaban J connectivity index is 1.73. The van der Waals surface area contributed by atoms with E-state index in [1.54, 1.807) is 6.92 Å². The highest BCUT2D eigenvalue weighted by atomic mass is 32.2. The van der Waals surface area contributed by atoms with Crippen LogP contribution in [0.3, 0.4) is 0 Å². The lowest BCUT2D eigenvalue weighted by Crippen LogP contribution is -2.58. The lowest BCUT2D eigenvalue weighted by atomic mass is 9.75. The van der Waals surface area contributed by atoms with Crippen molar-refractivity contribution in [2.24, 2.45) is 5.73 Å². The zero-order valence-electron chi connectivity index (χ0n) is 26.7. The molecule has 0 radical (unpaired) electrons. The van der Waals surface area contributed by atoms with Crippen molar-refractivity contribution in [3.63, 3.8) is 0 Å². The van der Waals surface area contributed by atoms with Gasteiger partial charge in [-0.3, -0.25) is 9.59 Å². The summed E-state index contributed by atoms with van der Waals surface area (Å²) in [7, 11) is -2.62. The monoisotopic (exact) mass is 664 g/mol. The van der Waals surface area contributed by atoms with E-state index in [2.05, 4.69) is 5.32 Å². The molecule has 46 heavy (non-hydrogen) atoms. The van der Waals surface area contributed by atoms with Crippen molar-refractivity contribution in [1.82, 2.24) is 14.5 Å². The summed E-state index contributed by atoms with van der Waals surface area (Å²) in [5.41, 5.74) is 4.35. The maximum Gasteiger partial charge on any atom is 0.416 e. The van der Waals surface area contributed by atoms with Crippen LogP contribution in [0, 0.1) is 0 Å². The summed E-state index contributed by atoms with van der Waals surface area (Å²) in [6.07, 6.45) is -1.15. The van der Waals surface area contributed by atoms with E-state index in [1.807, 2.05) is 30.3 Å². The quantitative estimate of drug-likeness (QED) is 0.360. The standard InChI is InChI=1S/C33H43F3N4O5S/c1-5-40(29(41)27(38-30(42)31(2,3)37)22-45-21-23-12-8-6-9-13-23)20-26-28(24-14-16-25(17-15-24)33(34,35)36)46(43,44)39(4)32(26)18-10-7-11-19-32/h6,8-9,12-17,27H,5,7,10-11,18-22,37H2,1-4H3,(H,38,42)/t27-/m1/s1. The van der Waals surface area contributed by atoms with Crippen molar-refractivity contribution in [1.29, 1.82) is 0 Å². The minimum Gasteiger partial charge on any atom is -0.374 e. The Morgan fingerprint density at radius 3 is 2.20 bits per heavy atom. The molecule has 0 bridgehead atoms. The molecule has 13 heteroatoms. The number of halogens is 3. The van der Waals surface area contributed by atoms with Gasteiger partial charge in [-0.15, -0.1) is 0 Å². The minimum atomic E-state index is -4.59. The van der Waals surface area contributed by atoms with Crippen LogP contribution in [0.2, 0.25) is 0 Å². The van der Waals surface area contributed by atoms with E-state index in [9.17, 15) is 31.2 Å². The largest absolute Gasteiger partial charge is 0.416 e. The first kappa shape index (κ1) is 35.6. The highest BCUT2D eigenvalue weighted by Gasteiger charge is 2.54. The molecule has 9 nitrogen and oxygen atoms in total. The number of hydrogen-bond acceptors (Lipinski definition) is 6. The van der Waals surface area contributed by atoms with Gasteiger partial charge in [-0.2, -0.15) is 17.5 Å². The number of amides is 2. The number of carbonyl (C=O) groups excluding carboxylic acids is 2. The molecule has 1 spiro atoms. The molecule has 2 amide bonds. The van der Waals surface area contributed by atoms with Gasteiger partial charge in [0.2, 0.25) is 21.8 Å². The van der Waals surface area contributed by atoms with Crippen LogP contribution < -0.4 is 11.1 Å². The maximum absolute atomic E-state index is 14.2. The number of alkyl halides is 3. The molecule has 1 atom stereocenters. The molecule has 1 fully saturated rings. The molecule has 0 saturated heterocycles. The van der Waals surface area contributed by atoms with E-state index in [0.717, 1.165) is 37.0 Å². The van der Waals surface area contributed by atoms with Crippen LogP contribution in [0.25, 0.3) is 4.91 Å². The fourth-order valence-corrected chi connectivity index (χ4v) is 8.20. The van der Waals surface area contributed by atoms with E-state index in [4.69, 9.17) is 10.5 Å². The molecule has 4 rings (SSSR count). The van der Waals surface area contributed by atoms with Crippen molar-refractivity contribution < 1.29 is 35.9 Å². The first-order chi connectivity index (χ1) is 21.5. The van der Waals surface area contributed by atoms with Crippen LogP contribution in [0.15, 0.2) is 60.2 Å². The molecule has 2 aliphatic rings. The molecule has 1 heterocycles. The minimum absolute atomic E-state index is 0.0825. The maximum atomic E-state index is 14.2. The van der Waals surface area contributed by atoms with Gasteiger partial charge in [0.05, 0.1) is 34.8 Å². The van der Waals surface area contributed by atoms with Crippen LogP contribution in [-0.2, 0) is 37.1 Å². The van der Waals surface area contributed by atoms with Gasteiger partial charge in [0.1, 0.15) is 6.04 Å². The van der Waals surface area contributed by atoms with Gasteiger partial charge in [-0.25, -0.2) is 8.42 Å². The van der Waals surface area contributed by atoms with E-state index < -0.39 is 50.7 Å². The molecule has 2 aromatic carbocycles. The number of likely N-dealkylation sites (N-methyl/N-ethyl adjacent to an activating group) is 2. The Labute approximate surface area is 269 Å². The van der Waals surface area contributed by atoms with Gasteiger partial charge in [-0.05, 0) is 62.4 Å². The Bertz CT molecular complexity index is 1530. The average molecular weight is 665 g/mol. The number of nitrogens with zero attached hydrogens (tertiary/aromatic N) is 2. The van der Waals surface area contributed by atoms with Gasteiger partial charge < -0.3 is 20.7 Å². The molecule has 1 saturated carbocycles. The average Bonchev–Trinajstić information content (AvgIpc) is 3.16. The number of ether oxygens (including phenoxy) is 1. The predicted octanol–water partition coefficient (Wildman–Crippen LogP) is 4.68. The normalized spacial score (nSPS) is 18.9. The number of rotatable bonds is 11. The van der Waals surface area contributed by atoms with Crippen molar-refractivity contribution in [3.05, 3.63) is 76.9 Å². The molecule has 0 unspecified atom stereocenters. The number of carbonyl (C=O) groups is 2. The van der Waals surface area contributed by atoms with Crippen molar-refractivity contribution in [2.75, 3.05) is 26.7 Å². The van der Waals surface area contributed by atoms with Crippen LogP contribution in [-0.4, -0.2) is 73.3 Å². The molecular formula is C33H43F3N4O5S. The van der Waals surface area contributed by atoms with Gasteiger partial charge in [0.25, 0.3) is 0 Å². The third-order valence-corrected chi connectivity index (χ3v) is 10.9. The zero-order chi connectivity index (χ0) is 33.9. The Hall–Kier alpha value is -3.26. The van der Waals surface area contributed by atoms with Crippen molar-refractivity contribution >= 4 is 26.7 Å². The molecule has 3 N–H and O–H groups in total. The van der Waals surface area contributed by atoms with Gasteiger partial charge in [0.15, 0.2) is 0 Å². The summed E-state index contributed by atoms with van der Waals surface area (Å²) in [5, 5.41) is 2.71. The fourth-order valence-electron chi connectivity index (χ4n) is 6.17. The van der Waals surface area contributed by atoms with Crippen molar-refractivity contribution in [3.8, 4) is 0 Å². The highest BCUT2D eigenvalue weighted by Crippen LogP contribution is 2.51. The highest BCUT2D eigenvalue weighted by molar-refractivity contribution is 7.98. The fraction of sp³-hybridized carbons (Fsp3) is 0.515. The molecular weight excluding hydrogens is 621 g/mol. The number of nitrogens with two attached hydrogens (primary N) is 1. The molecule has 0 aromatic heterocycles. The Morgan fingerprint density at radius 2 is 1.65 bits per heavy atom. The summed E-state index contributed by atoms with van der Waals surface area (Å²) >= 11 is 0. The second-order valence-corrected chi connectivity index (χ2v) is 14.5. The molecule has 1 aliphatic heterocycles. The summed E-state index contributed by atoms with van der Waals surface area (Å²) < 4.78 is 75.3. The third-order valence-electron chi connectivity index (χ3n) is 8.84. The first-order valence-electron chi connectivity index (χ1n) is 15.4. The summed E-state index contributed by atoms with van der Waals surface area (Å²) in [5.74, 6) is -1.06. The van der Waals surface area contributed by atoms with Crippen LogP contribution in [0.4, 0.5) is 13.2 Å². The number of hydrogen-bond donors (Lipinski definition) is 2. The number of benzene rings is 2. The van der Waals surface area contributed by atoms with E-state index in [1.165, 1.54) is 42.2 Å². The smallest absolute Gasteiger partial charge is 0.374 e. The zero-order valence-corrected chi connectivity index (χ0v) is 27.5. The second-order valence-electron chi connectivity index (χ2n) is 12.5. The number of nitrogens with one attached hydrogen (secondary N) is 1. The van der Waals surface area contributed by atoms with Crippen molar-refractivity contribution in [2.45, 2.75) is 82.8 Å². The summed E-state index contributed by atoms with van der Waals surface area (Å²) in [6, 6.07) is 12.3. The predicted molar refractivity (Wildman–Crippen MR) is 169 cm³/mol. The SMILES string of the molecule is CCN(CC1=C(c2ccc(C(F)(F)F)cc2)S(=O)(=O)N(C)C12CCCCC2)C(=O)[C@@H](COCc1ccccc1)NC(=O)C(C)(C)N. The second kappa shape index (κ2) is 13.8. The van der Waals surface area contributed by atoms with Gasteiger partial charge >= 0.3 is 6.18 Å². The Morgan fingerprint density at radius 1 is 1.04 bits per heavy atom. The van der Waals surface area contributed by atoms with E-state index in [-0.39, 0.29) is 36.8 Å². The molecule has 1 aliphatic carbocycles. The topological polar surface area (TPSA) is 122 Å². The Kier molecular flexibility index (Phi) is 10.7. The lowest BCUT2D eigenvalue weighted by molar-refractivity contribution is -0.139. The molecule has 2 aromatic rings. The number of sulfonamides is 1.